The van der Waals surface area contributed by atoms with E-state index in [1.165, 1.54) is 57.8 Å². The lowest BCUT2D eigenvalue weighted by Gasteiger charge is -2.25. The normalized spacial score (nSPS) is 15.5. The van der Waals surface area contributed by atoms with Gasteiger partial charge in [-0.05, 0) is 12.3 Å². The number of aldehydes is 1. The molecule has 0 unspecified atom stereocenters. The van der Waals surface area contributed by atoms with Crippen molar-refractivity contribution in [2.75, 3.05) is 6.61 Å². The molecule has 0 saturated heterocycles. The fourth-order valence-corrected chi connectivity index (χ4v) is 3.51. The third-order valence-corrected chi connectivity index (χ3v) is 5.58. The number of aliphatic hydroxyl groups is 4. The Morgan fingerprint density at radius 3 is 1.65 bits per heavy atom. The molecule has 184 valence electrons. The molecule has 0 aliphatic rings. The van der Waals surface area contributed by atoms with Gasteiger partial charge in [0.15, 0.2) is 12.4 Å². The standard InChI is InChI=1S/C24H46O7/c1-19(2)15-13-11-9-7-5-3-4-6-8-10-12-14-16-22(28)31-21(18-26)24(30)23(29)20(27)17-25/h18-21,23-25,27,29-30H,3-17H2,1-2H3/t20-,21+,23-,24-/m1/s1. The molecular weight excluding hydrogens is 400 g/mol. The van der Waals surface area contributed by atoms with Crippen LogP contribution in [0, 0.1) is 5.92 Å². The van der Waals surface area contributed by atoms with E-state index in [1.807, 2.05) is 0 Å². The van der Waals surface area contributed by atoms with Gasteiger partial charge in [-0.1, -0.05) is 90.9 Å². The molecule has 31 heavy (non-hydrogen) atoms. The molecule has 0 heterocycles. The minimum atomic E-state index is -1.79. The number of carbonyl (C=O) groups is 2. The highest BCUT2D eigenvalue weighted by Gasteiger charge is 2.33. The average Bonchev–Trinajstić information content (AvgIpc) is 2.75. The Hall–Kier alpha value is -1.02. The Balaban J connectivity index is 3.63. The van der Waals surface area contributed by atoms with Gasteiger partial charge in [-0.25, -0.2) is 0 Å². The molecule has 0 aromatic rings. The summed E-state index contributed by atoms with van der Waals surface area (Å²) in [6.45, 7) is 3.78. The molecular formula is C24H46O7. The van der Waals surface area contributed by atoms with Gasteiger partial charge >= 0.3 is 5.97 Å². The van der Waals surface area contributed by atoms with E-state index in [4.69, 9.17) is 9.84 Å². The number of ether oxygens (including phenoxy) is 1. The summed E-state index contributed by atoms with van der Waals surface area (Å²) in [7, 11) is 0. The van der Waals surface area contributed by atoms with E-state index in [1.54, 1.807) is 0 Å². The zero-order valence-electron chi connectivity index (χ0n) is 19.6. The van der Waals surface area contributed by atoms with Crippen LogP contribution in [0.1, 0.15) is 104 Å². The Bertz CT molecular complexity index is 442. The van der Waals surface area contributed by atoms with E-state index in [-0.39, 0.29) is 12.7 Å². The largest absolute Gasteiger partial charge is 0.452 e. The molecule has 0 rings (SSSR count). The lowest BCUT2D eigenvalue weighted by molar-refractivity contribution is -0.168. The van der Waals surface area contributed by atoms with Crippen LogP contribution in [0.3, 0.4) is 0 Å². The first-order valence-electron chi connectivity index (χ1n) is 12.1. The van der Waals surface area contributed by atoms with Gasteiger partial charge < -0.3 is 25.2 Å². The maximum Gasteiger partial charge on any atom is 0.306 e. The zero-order valence-corrected chi connectivity index (χ0v) is 19.6. The highest BCUT2D eigenvalue weighted by atomic mass is 16.6. The average molecular weight is 447 g/mol. The second kappa shape index (κ2) is 19.6. The second-order valence-electron chi connectivity index (χ2n) is 9.00. The molecule has 4 atom stereocenters. The fraction of sp³-hybridized carbons (Fsp3) is 0.917. The molecule has 0 aromatic carbocycles. The van der Waals surface area contributed by atoms with Crippen molar-refractivity contribution in [3.05, 3.63) is 0 Å². The topological polar surface area (TPSA) is 124 Å². The van der Waals surface area contributed by atoms with Crippen LogP contribution in [0.5, 0.6) is 0 Å². The minimum Gasteiger partial charge on any atom is -0.452 e. The van der Waals surface area contributed by atoms with Gasteiger partial charge in [0, 0.05) is 6.42 Å². The summed E-state index contributed by atoms with van der Waals surface area (Å²) in [6.07, 6.45) is 9.14. The van der Waals surface area contributed by atoms with Gasteiger partial charge in [0.1, 0.15) is 18.3 Å². The minimum absolute atomic E-state index is 0.131. The van der Waals surface area contributed by atoms with Crippen LogP contribution in [0.25, 0.3) is 0 Å². The van der Waals surface area contributed by atoms with Gasteiger partial charge in [0.25, 0.3) is 0 Å². The Morgan fingerprint density at radius 1 is 0.774 bits per heavy atom. The molecule has 0 spiro atoms. The highest BCUT2D eigenvalue weighted by molar-refractivity contribution is 5.72. The van der Waals surface area contributed by atoms with Gasteiger partial charge in [-0.3, -0.25) is 9.59 Å². The Kier molecular flexibility index (Phi) is 19.0. The predicted molar refractivity (Wildman–Crippen MR) is 121 cm³/mol. The molecule has 0 saturated carbocycles. The van der Waals surface area contributed by atoms with Crippen molar-refractivity contribution in [3.63, 3.8) is 0 Å². The maximum absolute atomic E-state index is 11.8. The predicted octanol–water partition coefficient (Wildman–Crippen LogP) is 3.29. The van der Waals surface area contributed by atoms with Crippen LogP contribution in [-0.4, -0.2) is 63.7 Å². The van der Waals surface area contributed by atoms with Crippen LogP contribution < -0.4 is 0 Å². The van der Waals surface area contributed by atoms with E-state index in [0.29, 0.717) is 6.42 Å². The summed E-state index contributed by atoms with van der Waals surface area (Å²) in [5, 5.41) is 37.5. The van der Waals surface area contributed by atoms with E-state index >= 15 is 0 Å². The third kappa shape index (κ3) is 16.3. The lowest BCUT2D eigenvalue weighted by Crippen LogP contribution is -2.48. The molecule has 4 N–H and O–H groups in total. The first kappa shape index (κ1) is 30.0. The lowest BCUT2D eigenvalue weighted by atomic mass is 10.0. The molecule has 0 fully saturated rings. The van der Waals surface area contributed by atoms with Crippen molar-refractivity contribution >= 4 is 12.3 Å². The Labute approximate surface area is 188 Å². The third-order valence-electron chi connectivity index (χ3n) is 5.58. The van der Waals surface area contributed by atoms with E-state index in [2.05, 4.69) is 13.8 Å². The second-order valence-corrected chi connectivity index (χ2v) is 9.00. The number of unbranched alkanes of at least 4 members (excludes halogenated alkanes) is 11. The van der Waals surface area contributed by atoms with Crippen LogP contribution >= 0.6 is 0 Å². The number of rotatable bonds is 21. The molecule has 0 aliphatic carbocycles. The van der Waals surface area contributed by atoms with Crippen LogP contribution in [0.2, 0.25) is 0 Å². The number of aliphatic hydroxyl groups excluding tert-OH is 4. The SMILES string of the molecule is CC(C)CCCCCCCCCCCCCCC(=O)O[C@@H](C=O)[C@@H](O)[C@H](O)[C@H](O)CO. The number of esters is 1. The van der Waals surface area contributed by atoms with Crippen molar-refractivity contribution < 1.29 is 34.8 Å². The van der Waals surface area contributed by atoms with Crippen molar-refractivity contribution in [1.82, 2.24) is 0 Å². The summed E-state index contributed by atoms with van der Waals surface area (Å²) in [5.74, 6) is 0.188. The molecule has 0 amide bonds. The van der Waals surface area contributed by atoms with Gasteiger partial charge in [0.05, 0.1) is 6.61 Å². The van der Waals surface area contributed by atoms with Crippen LogP contribution in [0.4, 0.5) is 0 Å². The molecule has 0 bridgehead atoms. The van der Waals surface area contributed by atoms with Gasteiger partial charge in [-0.2, -0.15) is 0 Å². The molecule has 7 heteroatoms. The summed E-state index contributed by atoms with van der Waals surface area (Å²) in [4.78, 5) is 22.8. The Morgan fingerprint density at radius 2 is 1.23 bits per heavy atom. The summed E-state index contributed by atoms with van der Waals surface area (Å²) in [6, 6.07) is 0. The van der Waals surface area contributed by atoms with Crippen LogP contribution in [-0.2, 0) is 14.3 Å². The summed E-state index contributed by atoms with van der Waals surface area (Å²) < 4.78 is 4.89. The summed E-state index contributed by atoms with van der Waals surface area (Å²) in [5.41, 5.74) is 0. The van der Waals surface area contributed by atoms with Crippen molar-refractivity contribution in [2.45, 2.75) is 128 Å². The van der Waals surface area contributed by atoms with E-state index in [9.17, 15) is 24.9 Å². The van der Waals surface area contributed by atoms with Gasteiger partial charge in [-0.15, -0.1) is 0 Å². The maximum atomic E-state index is 11.8. The molecule has 0 radical (unpaired) electrons. The van der Waals surface area contributed by atoms with Crippen molar-refractivity contribution in [1.29, 1.82) is 0 Å². The number of hydrogen-bond donors (Lipinski definition) is 4. The van der Waals surface area contributed by atoms with E-state index < -0.39 is 37.0 Å². The molecule has 7 nitrogen and oxygen atoms in total. The first-order chi connectivity index (χ1) is 14.8. The first-order valence-corrected chi connectivity index (χ1v) is 12.1. The molecule has 0 aromatic heterocycles. The zero-order chi connectivity index (χ0) is 23.5. The fourth-order valence-electron chi connectivity index (χ4n) is 3.51. The number of hydrogen-bond acceptors (Lipinski definition) is 7. The smallest absolute Gasteiger partial charge is 0.306 e. The number of carbonyl (C=O) groups excluding carboxylic acids is 2. The van der Waals surface area contributed by atoms with Gasteiger partial charge in [0.2, 0.25) is 0 Å². The van der Waals surface area contributed by atoms with Crippen LogP contribution in [0.15, 0.2) is 0 Å². The van der Waals surface area contributed by atoms with E-state index in [0.717, 1.165) is 25.2 Å². The summed E-state index contributed by atoms with van der Waals surface area (Å²) >= 11 is 0. The van der Waals surface area contributed by atoms with Crippen molar-refractivity contribution in [3.8, 4) is 0 Å². The monoisotopic (exact) mass is 446 g/mol. The van der Waals surface area contributed by atoms with Crippen molar-refractivity contribution in [2.24, 2.45) is 5.92 Å². The highest BCUT2D eigenvalue weighted by Crippen LogP contribution is 2.15. The quantitative estimate of drug-likeness (QED) is 0.121. The molecule has 0 aliphatic heterocycles.